The van der Waals surface area contributed by atoms with Crippen LogP contribution in [0.5, 0.6) is 5.75 Å². The van der Waals surface area contributed by atoms with E-state index in [-0.39, 0.29) is 14.6 Å². The van der Waals surface area contributed by atoms with Crippen LogP contribution in [0.4, 0.5) is 22.0 Å². The molecule has 0 radical (unpaired) electrons. The molecule has 1 rings (SSSR count). The number of rotatable bonds is 3. The van der Waals surface area contributed by atoms with Crippen molar-refractivity contribution in [3.8, 4) is 5.75 Å². The van der Waals surface area contributed by atoms with Crippen molar-refractivity contribution in [3.63, 3.8) is 0 Å². The molecule has 0 amide bonds. The fourth-order valence-corrected chi connectivity index (χ4v) is 2.07. The average molecular weight is 432 g/mol. The van der Waals surface area contributed by atoms with Crippen LogP contribution in [0.2, 0.25) is 0 Å². The second-order valence-corrected chi connectivity index (χ2v) is 4.38. The number of ether oxygens (including phenoxy) is 1. The highest BCUT2D eigenvalue weighted by Gasteiger charge is 2.35. The van der Waals surface area contributed by atoms with Crippen molar-refractivity contribution >= 4 is 38.5 Å². The maximum absolute atomic E-state index is 12.7. The van der Waals surface area contributed by atoms with Crippen molar-refractivity contribution in [3.05, 3.63) is 21.0 Å². The number of aromatic nitrogens is 1. The molecule has 1 aromatic heterocycles. The van der Waals surface area contributed by atoms with Gasteiger partial charge in [-0.15, -0.1) is 13.2 Å². The van der Waals surface area contributed by atoms with Crippen molar-refractivity contribution in [2.24, 2.45) is 0 Å². The predicted molar refractivity (Wildman–Crippen MR) is 61.2 cm³/mol. The van der Waals surface area contributed by atoms with Gasteiger partial charge in [-0.05, 0) is 22.6 Å². The zero-order valence-electron chi connectivity index (χ0n) is 7.86. The summed E-state index contributed by atoms with van der Waals surface area (Å²) in [5.74, 6) is -0.885. The molecule has 0 aliphatic heterocycles. The first-order valence-corrected chi connectivity index (χ1v) is 6.23. The Balaban J connectivity index is 3.35. The van der Waals surface area contributed by atoms with Gasteiger partial charge in [0.15, 0.2) is 0 Å². The Morgan fingerprint density at radius 1 is 1.41 bits per heavy atom. The molecule has 1 aromatic rings. The van der Waals surface area contributed by atoms with Crippen LogP contribution in [-0.2, 0) is 5.33 Å². The SMILES string of the molecule is FC(F)c1c(I)ncc(CBr)c1OC(F)(F)F. The molecule has 0 bridgehead atoms. The van der Waals surface area contributed by atoms with Crippen LogP contribution < -0.4 is 4.74 Å². The van der Waals surface area contributed by atoms with E-state index in [9.17, 15) is 22.0 Å². The fraction of sp³-hybridized carbons (Fsp3) is 0.375. The Hall–Kier alpha value is -0.190. The van der Waals surface area contributed by atoms with E-state index in [0.29, 0.717) is 0 Å². The third-order valence-corrected chi connectivity index (χ3v) is 3.14. The Kier molecular flexibility index (Phi) is 4.93. The number of hydrogen-bond donors (Lipinski definition) is 0. The summed E-state index contributed by atoms with van der Waals surface area (Å²) in [6, 6.07) is 0. The second kappa shape index (κ2) is 5.63. The number of halogens is 7. The van der Waals surface area contributed by atoms with Gasteiger partial charge in [-0.2, -0.15) is 0 Å². The molecule has 0 aliphatic carbocycles. The van der Waals surface area contributed by atoms with Gasteiger partial charge in [-0.1, -0.05) is 15.9 Å². The zero-order valence-corrected chi connectivity index (χ0v) is 11.6. The highest BCUT2D eigenvalue weighted by Crippen LogP contribution is 2.38. The van der Waals surface area contributed by atoms with E-state index in [0.717, 1.165) is 6.20 Å². The smallest absolute Gasteiger partial charge is 0.405 e. The summed E-state index contributed by atoms with van der Waals surface area (Å²) in [6.45, 7) is 0. The highest BCUT2D eigenvalue weighted by atomic mass is 127. The lowest BCUT2D eigenvalue weighted by Gasteiger charge is -2.16. The Bertz CT molecular complexity index is 412. The van der Waals surface area contributed by atoms with Crippen molar-refractivity contribution in [2.75, 3.05) is 0 Å². The normalized spacial score (nSPS) is 12.0. The van der Waals surface area contributed by atoms with Gasteiger partial charge >= 0.3 is 6.36 Å². The van der Waals surface area contributed by atoms with Crippen LogP contribution in [0.1, 0.15) is 17.6 Å². The maximum Gasteiger partial charge on any atom is 0.573 e. The first kappa shape index (κ1) is 14.9. The molecule has 0 spiro atoms. The molecule has 2 nitrogen and oxygen atoms in total. The summed E-state index contributed by atoms with van der Waals surface area (Å²) in [4.78, 5) is 3.59. The summed E-state index contributed by atoms with van der Waals surface area (Å²) in [5, 5.41) is -0.0674. The van der Waals surface area contributed by atoms with Crippen LogP contribution in [0.3, 0.4) is 0 Å². The van der Waals surface area contributed by atoms with Crippen molar-refractivity contribution < 1.29 is 26.7 Å². The number of hydrogen-bond acceptors (Lipinski definition) is 2. The van der Waals surface area contributed by atoms with Gasteiger partial charge in [-0.25, -0.2) is 13.8 Å². The summed E-state index contributed by atoms with van der Waals surface area (Å²) < 4.78 is 65.1. The number of nitrogens with zero attached hydrogens (tertiary/aromatic N) is 1. The minimum absolute atomic E-state index is 0.0674. The zero-order chi connectivity index (χ0) is 13.2. The van der Waals surface area contributed by atoms with Gasteiger partial charge < -0.3 is 4.74 Å². The largest absolute Gasteiger partial charge is 0.573 e. The molecule has 17 heavy (non-hydrogen) atoms. The molecule has 0 atom stereocenters. The third kappa shape index (κ3) is 3.90. The lowest BCUT2D eigenvalue weighted by molar-refractivity contribution is -0.275. The molecule has 0 aliphatic rings. The monoisotopic (exact) mass is 431 g/mol. The van der Waals surface area contributed by atoms with E-state index in [2.05, 4.69) is 25.7 Å². The van der Waals surface area contributed by atoms with Gasteiger partial charge in [0, 0.05) is 17.1 Å². The molecule has 0 aromatic carbocycles. The van der Waals surface area contributed by atoms with Crippen molar-refractivity contribution in [1.82, 2.24) is 4.98 Å². The Labute approximate surface area is 115 Å². The molecule has 0 fully saturated rings. The fourth-order valence-electron chi connectivity index (χ4n) is 1.05. The molecule has 9 heteroatoms. The summed E-state index contributed by atoms with van der Waals surface area (Å²) >= 11 is 4.32. The minimum atomic E-state index is -5.02. The van der Waals surface area contributed by atoms with Crippen LogP contribution in [0, 0.1) is 3.70 Å². The molecule has 96 valence electrons. The molecule has 0 N–H and O–H groups in total. The molecular weight excluding hydrogens is 428 g/mol. The highest BCUT2D eigenvalue weighted by molar-refractivity contribution is 14.1. The lowest BCUT2D eigenvalue weighted by atomic mass is 10.2. The van der Waals surface area contributed by atoms with E-state index < -0.39 is 24.1 Å². The van der Waals surface area contributed by atoms with Crippen LogP contribution >= 0.6 is 38.5 Å². The first-order chi connectivity index (χ1) is 7.76. The molecule has 0 saturated heterocycles. The third-order valence-electron chi connectivity index (χ3n) is 1.67. The van der Waals surface area contributed by atoms with Gasteiger partial charge in [0.05, 0.1) is 5.56 Å². The van der Waals surface area contributed by atoms with Gasteiger partial charge in [0.25, 0.3) is 6.43 Å². The van der Waals surface area contributed by atoms with E-state index in [1.807, 2.05) is 0 Å². The molecule has 1 heterocycles. The van der Waals surface area contributed by atoms with Crippen molar-refractivity contribution in [2.45, 2.75) is 18.1 Å². The van der Waals surface area contributed by atoms with Gasteiger partial charge in [0.1, 0.15) is 9.45 Å². The number of alkyl halides is 6. The molecular formula is C8H4BrF5INO. The standard InChI is InChI=1S/C8H4BrF5INO/c9-1-3-2-16-7(15)4(6(10)11)5(3)17-8(12,13)14/h2,6H,1H2. The maximum atomic E-state index is 12.7. The van der Waals surface area contributed by atoms with Crippen LogP contribution in [-0.4, -0.2) is 11.3 Å². The van der Waals surface area contributed by atoms with E-state index >= 15 is 0 Å². The van der Waals surface area contributed by atoms with Gasteiger partial charge in [-0.3, -0.25) is 0 Å². The summed E-state index contributed by atoms with van der Waals surface area (Å²) in [6.07, 6.45) is -7.06. The summed E-state index contributed by atoms with van der Waals surface area (Å²) in [7, 11) is 0. The molecule has 0 saturated carbocycles. The Morgan fingerprint density at radius 3 is 2.41 bits per heavy atom. The molecule has 0 unspecified atom stereocenters. The van der Waals surface area contributed by atoms with E-state index in [1.165, 1.54) is 22.6 Å². The first-order valence-electron chi connectivity index (χ1n) is 4.03. The van der Waals surface area contributed by atoms with Crippen LogP contribution in [0.15, 0.2) is 6.20 Å². The average Bonchev–Trinajstić information content (AvgIpc) is 2.15. The predicted octanol–water partition coefficient (Wildman–Crippen LogP) is 4.42. The summed E-state index contributed by atoms with van der Waals surface area (Å²) in [5.41, 5.74) is -0.932. The quantitative estimate of drug-likeness (QED) is 0.306. The van der Waals surface area contributed by atoms with E-state index in [4.69, 9.17) is 0 Å². The van der Waals surface area contributed by atoms with Gasteiger partial charge in [0.2, 0.25) is 0 Å². The number of pyridine rings is 1. The lowest BCUT2D eigenvalue weighted by Crippen LogP contribution is -2.20. The topological polar surface area (TPSA) is 22.1 Å². The van der Waals surface area contributed by atoms with Crippen molar-refractivity contribution in [1.29, 1.82) is 0 Å². The van der Waals surface area contributed by atoms with Crippen LogP contribution in [0.25, 0.3) is 0 Å². The Morgan fingerprint density at radius 2 is 2.00 bits per heavy atom. The second-order valence-electron chi connectivity index (χ2n) is 2.80. The minimum Gasteiger partial charge on any atom is -0.405 e. The van der Waals surface area contributed by atoms with E-state index in [1.54, 1.807) is 0 Å².